The van der Waals surface area contributed by atoms with Gasteiger partial charge in [0, 0.05) is 36.3 Å². The first-order chi connectivity index (χ1) is 9.72. The minimum Gasteiger partial charge on any atom is -0.347 e. The standard InChI is InChI=1S/C14H14FN3OS/c15-11-3-1-2-10(8-11)13(19)17-12-4-6-18(9-12)14-16-5-7-20-14/h1-3,5,7-8,12H,4,6,9H2,(H,17,19)/t12-/m0/s1. The summed E-state index contributed by atoms with van der Waals surface area (Å²) in [5, 5.41) is 5.86. The Kier molecular flexibility index (Phi) is 3.64. The van der Waals surface area contributed by atoms with E-state index < -0.39 is 5.82 Å². The zero-order valence-electron chi connectivity index (χ0n) is 10.8. The molecule has 1 amide bonds. The summed E-state index contributed by atoms with van der Waals surface area (Å²) in [6.07, 6.45) is 2.65. The number of anilines is 1. The molecule has 1 atom stereocenters. The summed E-state index contributed by atoms with van der Waals surface area (Å²) >= 11 is 1.59. The van der Waals surface area contributed by atoms with E-state index in [2.05, 4.69) is 15.2 Å². The predicted octanol–water partition coefficient (Wildman–Crippen LogP) is 2.29. The molecule has 1 aromatic carbocycles. The molecular weight excluding hydrogens is 277 g/mol. The van der Waals surface area contributed by atoms with Crippen LogP contribution in [0.15, 0.2) is 35.8 Å². The number of amides is 1. The van der Waals surface area contributed by atoms with Gasteiger partial charge in [0.1, 0.15) is 5.82 Å². The number of nitrogens with zero attached hydrogens (tertiary/aromatic N) is 2. The zero-order valence-corrected chi connectivity index (χ0v) is 11.6. The normalized spacial score (nSPS) is 18.2. The van der Waals surface area contributed by atoms with Gasteiger partial charge < -0.3 is 10.2 Å². The molecule has 20 heavy (non-hydrogen) atoms. The molecule has 0 spiro atoms. The van der Waals surface area contributed by atoms with Crippen molar-refractivity contribution in [1.82, 2.24) is 10.3 Å². The largest absolute Gasteiger partial charge is 0.347 e. The van der Waals surface area contributed by atoms with E-state index >= 15 is 0 Å². The number of nitrogens with one attached hydrogen (secondary N) is 1. The molecule has 2 heterocycles. The topological polar surface area (TPSA) is 45.2 Å². The molecule has 3 rings (SSSR count). The van der Waals surface area contributed by atoms with E-state index in [1.807, 2.05) is 5.38 Å². The average molecular weight is 291 g/mol. The molecule has 0 saturated carbocycles. The van der Waals surface area contributed by atoms with Crippen molar-refractivity contribution in [3.8, 4) is 0 Å². The maximum absolute atomic E-state index is 13.1. The van der Waals surface area contributed by atoms with Gasteiger partial charge >= 0.3 is 0 Å². The van der Waals surface area contributed by atoms with Crippen LogP contribution < -0.4 is 10.2 Å². The lowest BCUT2D eigenvalue weighted by Gasteiger charge is -2.15. The van der Waals surface area contributed by atoms with Crippen LogP contribution >= 0.6 is 11.3 Å². The fourth-order valence-electron chi connectivity index (χ4n) is 2.32. The first kappa shape index (κ1) is 13.1. The van der Waals surface area contributed by atoms with E-state index in [-0.39, 0.29) is 11.9 Å². The van der Waals surface area contributed by atoms with Crippen LogP contribution in [0.3, 0.4) is 0 Å². The van der Waals surface area contributed by atoms with Crippen molar-refractivity contribution in [2.45, 2.75) is 12.5 Å². The second kappa shape index (κ2) is 5.58. The Bertz CT molecular complexity index is 602. The molecule has 6 heteroatoms. The molecule has 0 aliphatic carbocycles. The molecule has 104 valence electrons. The van der Waals surface area contributed by atoms with Crippen molar-refractivity contribution in [2.75, 3.05) is 18.0 Å². The highest BCUT2D eigenvalue weighted by atomic mass is 32.1. The van der Waals surface area contributed by atoms with Gasteiger partial charge in [-0.15, -0.1) is 11.3 Å². The zero-order chi connectivity index (χ0) is 13.9. The Morgan fingerprint density at radius 1 is 1.50 bits per heavy atom. The molecule has 2 aromatic rings. The Morgan fingerprint density at radius 3 is 3.15 bits per heavy atom. The highest BCUT2D eigenvalue weighted by Gasteiger charge is 2.25. The SMILES string of the molecule is O=C(N[C@H]1CCN(c2nccs2)C1)c1cccc(F)c1. The summed E-state index contributed by atoms with van der Waals surface area (Å²) < 4.78 is 13.1. The molecule has 0 bridgehead atoms. The summed E-state index contributed by atoms with van der Waals surface area (Å²) in [7, 11) is 0. The van der Waals surface area contributed by atoms with Crippen molar-refractivity contribution >= 4 is 22.4 Å². The molecule has 4 nitrogen and oxygen atoms in total. The van der Waals surface area contributed by atoms with E-state index in [1.54, 1.807) is 29.7 Å². The van der Waals surface area contributed by atoms with Crippen molar-refractivity contribution in [2.24, 2.45) is 0 Å². The highest BCUT2D eigenvalue weighted by Crippen LogP contribution is 2.22. The Hall–Kier alpha value is -1.95. The van der Waals surface area contributed by atoms with Gasteiger partial charge in [0.2, 0.25) is 0 Å². The van der Waals surface area contributed by atoms with E-state index in [9.17, 15) is 9.18 Å². The predicted molar refractivity (Wildman–Crippen MR) is 76.6 cm³/mol. The van der Waals surface area contributed by atoms with Crippen LogP contribution in [0.4, 0.5) is 9.52 Å². The van der Waals surface area contributed by atoms with Crippen LogP contribution in [0.5, 0.6) is 0 Å². The summed E-state index contributed by atoms with van der Waals surface area (Å²) in [5.74, 6) is -0.621. The number of carbonyl (C=O) groups is 1. The van der Waals surface area contributed by atoms with Gasteiger partial charge in [-0.2, -0.15) is 0 Å². The van der Waals surface area contributed by atoms with Gasteiger partial charge in [0.15, 0.2) is 5.13 Å². The van der Waals surface area contributed by atoms with E-state index in [0.717, 1.165) is 24.6 Å². The fourth-order valence-corrected chi connectivity index (χ4v) is 3.00. The highest BCUT2D eigenvalue weighted by molar-refractivity contribution is 7.13. The maximum atomic E-state index is 13.1. The van der Waals surface area contributed by atoms with Crippen LogP contribution in [0.1, 0.15) is 16.8 Å². The van der Waals surface area contributed by atoms with Crippen molar-refractivity contribution in [3.05, 3.63) is 47.2 Å². The Balaban J connectivity index is 1.61. The molecule has 1 fully saturated rings. The molecule has 0 unspecified atom stereocenters. The van der Waals surface area contributed by atoms with Gasteiger partial charge in [-0.05, 0) is 24.6 Å². The lowest BCUT2D eigenvalue weighted by molar-refractivity contribution is 0.0940. The lowest BCUT2D eigenvalue weighted by atomic mass is 10.2. The van der Waals surface area contributed by atoms with Crippen molar-refractivity contribution in [3.63, 3.8) is 0 Å². The smallest absolute Gasteiger partial charge is 0.251 e. The number of carbonyl (C=O) groups excluding carboxylic acids is 1. The number of benzene rings is 1. The monoisotopic (exact) mass is 291 g/mol. The van der Waals surface area contributed by atoms with E-state index in [0.29, 0.717) is 5.56 Å². The molecule has 1 aliphatic rings. The van der Waals surface area contributed by atoms with Crippen molar-refractivity contribution < 1.29 is 9.18 Å². The number of hydrogen-bond donors (Lipinski definition) is 1. The minimum atomic E-state index is -0.395. The van der Waals surface area contributed by atoms with Gasteiger partial charge in [0.05, 0.1) is 0 Å². The second-order valence-corrected chi connectivity index (χ2v) is 5.60. The first-order valence-electron chi connectivity index (χ1n) is 6.43. The molecule has 1 aromatic heterocycles. The summed E-state index contributed by atoms with van der Waals surface area (Å²) in [5.41, 5.74) is 0.359. The van der Waals surface area contributed by atoms with E-state index in [1.165, 1.54) is 12.1 Å². The average Bonchev–Trinajstić information content (AvgIpc) is 3.08. The third kappa shape index (κ3) is 2.80. The molecular formula is C14H14FN3OS. The molecule has 1 saturated heterocycles. The molecule has 1 aliphatic heterocycles. The van der Waals surface area contributed by atoms with E-state index in [4.69, 9.17) is 0 Å². The lowest BCUT2D eigenvalue weighted by Crippen LogP contribution is -2.37. The van der Waals surface area contributed by atoms with Crippen molar-refractivity contribution in [1.29, 1.82) is 0 Å². The van der Waals surface area contributed by atoms with Crippen LogP contribution in [0.25, 0.3) is 0 Å². The van der Waals surface area contributed by atoms with Crippen LogP contribution in [0, 0.1) is 5.82 Å². The number of rotatable bonds is 3. The van der Waals surface area contributed by atoms with Crippen LogP contribution in [-0.4, -0.2) is 30.0 Å². The second-order valence-electron chi connectivity index (χ2n) is 4.73. The Morgan fingerprint density at radius 2 is 2.40 bits per heavy atom. The maximum Gasteiger partial charge on any atom is 0.251 e. The first-order valence-corrected chi connectivity index (χ1v) is 7.31. The molecule has 0 radical (unpaired) electrons. The third-order valence-electron chi connectivity index (χ3n) is 3.30. The third-order valence-corrected chi connectivity index (χ3v) is 4.13. The quantitative estimate of drug-likeness (QED) is 0.943. The number of hydrogen-bond acceptors (Lipinski definition) is 4. The minimum absolute atomic E-state index is 0.0784. The summed E-state index contributed by atoms with van der Waals surface area (Å²) in [6.45, 7) is 1.62. The van der Waals surface area contributed by atoms with Crippen LogP contribution in [-0.2, 0) is 0 Å². The number of thiazole rings is 1. The van der Waals surface area contributed by atoms with Gasteiger partial charge in [-0.25, -0.2) is 9.37 Å². The molecule has 1 N–H and O–H groups in total. The summed E-state index contributed by atoms with van der Waals surface area (Å²) in [4.78, 5) is 18.5. The van der Waals surface area contributed by atoms with Gasteiger partial charge in [0.25, 0.3) is 5.91 Å². The van der Waals surface area contributed by atoms with Crippen LogP contribution in [0.2, 0.25) is 0 Å². The number of halogens is 1. The fraction of sp³-hybridized carbons (Fsp3) is 0.286. The van der Waals surface area contributed by atoms with Gasteiger partial charge in [-0.3, -0.25) is 4.79 Å². The Labute approximate surface area is 120 Å². The van der Waals surface area contributed by atoms with Gasteiger partial charge in [-0.1, -0.05) is 6.07 Å². The summed E-state index contributed by atoms with van der Waals surface area (Å²) in [6, 6.07) is 5.82. The number of aromatic nitrogens is 1.